The Balaban J connectivity index is 2.66. The zero-order valence-corrected chi connectivity index (χ0v) is 12.9. The fourth-order valence-corrected chi connectivity index (χ4v) is 1.74. The second-order valence-electron chi connectivity index (χ2n) is 5.67. The Hall–Kier alpha value is -1.14. The summed E-state index contributed by atoms with van der Waals surface area (Å²) in [6.07, 6.45) is 0. The van der Waals surface area contributed by atoms with Gasteiger partial charge in [-0.15, -0.1) is 5.10 Å². The van der Waals surface area contributed by atoms with E-state index in [0.717, 1.165) is 6.54 Å². The number of likely N-dealkylation sites (N-methyl/N-ethyl adjacent to an activating group) is 1. The van der Waals surface area contributed by atoms with Gasteiger partial charge in [-0.25, -0.2) is 0 Å². The first-order valence-corrected chi connectivity index (χ1v) is 6.70. The lowest BCUT2D eigenvalue weighted by Crippen LogP contribution is -2.36. The second-order valence-corrected chi connectivity index (χ2v) is 5.67. The van der Waals surface area contributed by atoms with E-state index in [2.05, 4.69) is 50.1 Å². The van der Waals surface area contributed by atoms with Crippen LogP contribution in [0.25, 0.3) is 0 Å². The van der Waals surface area contributed by atoms with Crippen LogP contribution in [-0.4, -0.2) is 42.0 Å². The van der Waals surface area contributed by atoms with Crippen LogP contribution in [0.5, 0.6) is 0 Å². The summed E-state index contributed by atoms with van der Waals surface area (Å²) in [6, 6.07) is 0.761. The summed E-state index contributed by atoms with van der Waals surface area (Å²) in [4.78, 5) is 2.04. The fourth-order valence-electron chi connectivity index (χ4n) is 1.74. The lowest BCUT2D eigenvalue weighted by Gasteiger charge is -2.25. The molecular weight excluding hydrogens is 244 g/mol. The number of anilines is 1. The van der Waals surface area contributed by atoms with E-state index >= 15 is 0 Å². The minimum atomic E-state index is 0.0302. The monoisotopic (exact) mass is 270 g/mol. The third-order valence-corrected chi connectivity index (χ3v) is 2.75. The maximum atomic E-state index is 5.69. The van der Waals surface area contributed by atoms with Gasteiger partial charge in [0.15, 0.2) is 0 Å². The molecule has 0 spiro atoms. The Morgan fingerprint density at radius 1 is 1.37 bits per heavy atom. The molecule has 1 rings (SSSR count). The molecule has 0 aromatic carbocycles. The summed E-state index contributed by atoms with van der Waals surface area (Å²) in [5, 5.41) is 11.5. The fraction of sp³-hybridized carbons (Fsp3) is 0.846. The smallest absolute Gasteiger partial charge is 0.318 e. The molecule has 0 bridgehead atoms. The van der Waals surface area contributed by atoms with Crippen LogP contribution < -0.4 is 10.2 Å². The normalized spacial score (nSPS) is 13.6. The SMILES string of the molecule is CCN(c1nnc(CNC(C)(C)C)o1)C(C)COC. The Labute approximate surface area is 115 Å². The Morgan fingerprint density at radius 2 is 2.05 bits per heavy atom. The van der Waals surface area contributed by atoms with Gasteiger partial charge < -0.3 is 19.4 Å². The van der Waals surface area contributed by atoms with Gasteiger partial charge in [-0.3, -0.25) is 0 Å². The average Bonchev–Trinajstić information content (AvgIpc) is 2.75. The van der Waals surface area contributed by atoms with Gasteiger partial charge in [-0.1, -0.05) is 5.10 Å². The Kier molecular flexibility index (Phi) is 5.75. The maximum absolute atomic E-state index is 5.69. The summed E-state index contributed by atoms with van der Waals surface area (Å²) in [7, 11) is 1.69. The Bertz CT molecular complexity index is 373. The molecule has 19 heavy (non-hydrogen) atoms. The largest absolute Gasteiger partial charge is 0.407 e. The lowest BCUT2D eigenvalue weighted by atomic mass is 10.1. The molecular formula is C13H26N4O2. The van der Waals surface area contributed by atoms with E-state index in [1.807, 2.05) is 4.90 Å². The number of rotatable bonds is 7. The van der Waals surface area contributed by atoms with E-state index in [1.165, 1.54) is 0 Å². The van der Waals surface area contributed by atoms with Crippen molar-refractivity contribution in [1.82, 2.24) is 15.5 Å². The number of hydrogen-bond acceptors (Lipinski definition) is 6. The van der Waals surface area contributed by atoms with Gasteiger partial charge in [0.1, 0.15) is 0 Å². The highest BCUT2D eigenvalue weighted by Gasteiger charge is 2.19. The van der Waals surface area contributed by atoms with Crippen molar-refractivity contribution in [2.24, 2.45) is 0 Å². The van der Waals surface area contributed by atoms with Crippen LogP contribution in [-0.2, 0) is 11.3 Å². The van der Waals surface area contributed by atoms with E-state index in [-0.39, 0.29) is 11.6 Å². The molecule has 0 saturated carbocycles. The molecule has 1 unspecified atom stereocenters. The molecule has 0 fully saturated rings. The van der Waals surface area contributed by atoms with E-state index in [1.54, 1.807) is 7.11 Å². The summed E-state index contributed by atoms with van der Waals surface area (Å²) in [5.41, 5.74) is 0.0302. The molecule has 0 aliphatic rings. The minimum Gasteiger partial charge on any atom is -0.407 e. The molecule has 0 aliphatic heterocycles. The molecule has 0 amide bonds. The van der Waals surface area contributed by atoms with Crippen molar-refractivity contribution >= 4 is 6.01 Å². The quantitative estimate of drug-likeness (QED) is 0.815. The highest BCUT2D eigenvalue weighted by molar-refractivity contribution is 5.25. The lowest BCUT2D eigenvalue weighted by molar-refractivity contribution is 0.180. The predicted molar refractivity (Wildman–Crippen MR) is 75.2 cm³/mol. The molecule has 6 nitrogen and oxygen atoms in total. The highest BCUT2D eigenvalue weighted by Crippen LogP contribution is 2.15. The van der Waals surface area contributed by atoms with E-state index in [0.29, 0.717) is 25.1 Å². The first kappa shape index (κ1) is 15.9. The van der Waals surface area contributed by atoms with Crippen LogP contribution >= 0.6 is 0 Å². The van der Waals surface area contributed by atoms with Gasteiger partial charge in [-0.2, -0.15) is 0 Å². The third kappa shape index (κ3) is 5.16. The second kappa shape index (κ2) is 6.86. The molecule has 110 valence electrons. The number of hydrogen-bond donors (Lipinski definition) is 1. The molecule has 1 aromatic heterocycles. The van der Waals surface area contributed by atoms with Gasteiger partial charge in [0.05, 0.1) is 19.2 Å². The Morgan fingerprint density at radius 3 is 2.58 bits per heavy atom. The first-order chi connectivity index (χ1) is 8.87. The van der Waals surface area contributed by atoms with Crippen molar-refractivity contribution in [3.05, 3.63) is 5.89 Å². The molecule has 1 N–H and O–H groups in total. The summed E-state index contributed by atoms with van der Waals surface area (Å²) in [6.45, 7) is 12.4. The van der Waals surface area contributed by atoms with Crippen molar-refractivity contribution in [1.29, 1.82) is 0 Å². The van der Waals surface area contributed by atoms with Crippen molar-refractivity contribution in [3.8, 4) is 0 Å². The molecule has 1 aromatic rings. The van der Waals surface area contributed by atoms with Crippen LogP contribution in [0.4, 0.5) is 6.01 Å². The van der Waals surface area contributed by atoms with Crippen LogP contribution in [0.1, 0.15) is 40.5 Å². The van der Waals surface area contributed by atoms with Crippen molar-refractivity contribution in [2.45, 2.75) is 52.7 Å². The van der Waals surface area contributed by atoms with Crippen molar-refractivity contribution in [3.63, 3.8) is 0 Å². The number of ether oxygens (including phenoxy) is 1. The number of nitrogens with zero attached hydrogens (tertiary/aromatic N) is 3. The first-order valence-electron chi connectivity index (χ1n) is 6.70. The van der Waals surface area contributed by atoms with Crippen LogP contribution in [0.2, 0.25) is 0 Å². The molecule has 1 heterocycles. The van der Waals surface area contributed by atoms with E-state index < -0.39 is 0 Å². The van der Waals surface area contributed by atoms with Crippen molar-refractivity contribution < 1.29 is 9.15 Å². The van der Waals surface area contributed by atoms with Crippen LogP contribution in [0.3, 0.4) is 0 Å². The van der Waals surface area contributed by atoms with Crippen LogP contribution in [0, 0.1) is 0 Å². The predicted octanol–water partition coefficient (Wildman–Crippen LogP) is 1.82. The number of aromatic nitrogens is 2. The maximum Gasteiger partial charge on any atom is 0.318 e. The van der Waals surface area contributed by atoms with Gasteiger partial charge >= 0.3 is 6.01 Å². The van der Waals surface area contributed by atoms with Gasteiger partial charge in [0.25, 0.3) is 0 Å². The topological polar surface area (TPSA) is 63.4 Å². The molecule has 0 saturated heterocycles. The van der Waals surface area contributed by atoms with E-state index in [9.17, 15) is 0 Å². The zero-order valence-electron chi connectivity index (χ0n) is 12.9. The summed E-state index contributed by atoms with van der Waals surface area (Å²) >= 11 is 0. The number of nitrogens with one attached hydrogen (secondary N) is 1. The third-order valence-electron chi connectivity index (χ3n) is 2.75. The molecule has 6 heteroatoms. The minimum absolute atomic E-state index is 0.0302. The summed E-state index contributed by atoms with van der Waals surface area (Å²) < 4.78 is 10.8. The van der Waals surface area contributed by atoms with Gasteiger partial charge in [-0.05, 0) is 34.6 Å². The standard InChI is InChI=1S/C13H26N4O2/c1-7-17(10(2)9-18-6)12-16-15-11(19-12)8-14-13(3,4)5/h10,14H,7-9H2,1-6H3. The van der Waals surface area contributed by atoms with Gasteiger partial charge in [0, 0.05) is 19.2 Å². The molecule has 1 atom stereocenters. The average molecular weight is 270 g/mol. The van der Waals surface area contributed by atoms with E-state index in [4.69, 9.17) is 9.15 Å². The van der Waals surface area contributed by atoms with Crippen molar-refractivity contribution in [2.75, 3.05) is 25.2 Å². The van der Waals surface area contributed by atoms with Gasteiger partial charge in [0.2, 0.25) is 5.89 Å². The zero-order chi connectivity index (χ0) is 14.5. The molecule has 0 aliphatic carbocycles. The van der Waals surface area contributed by atoms with Crippen LogP contribution in [0.15, 0.2) is 4.42 Å². The number of methoxy groups -OCH3 is 1. The molecule has 0 radical (unpaired) electrons. The summed E-state index contributed by atoms with van der Waals surface area (Å²) in [5.74, 6) is 0.605. The highest BCUT2D eigenvalue weighted by atomic mass is 16.5.